The minimum Gasteiger partial charge on any atom is -0.480 e. The normalized spacial score (nSPS) is 34.0. The molecule has 2 saturated heterocycles. The number of carboxylic acid groups (broad SMARTS) is 1. The van der Waals surface area contributed by atoms with E-state index >= 15 is 0 Å². The van der Waals surface area contributed by atoms with Crippen LogP contribution >= 0.6 is 0 Å². The van der Waals surface area contributed by atoms with Gasteiger partial charge in [-0.15, -0.1) is 0 Å². The van der Waals surface area contributed by atoms with Gasteiger partial charge in [0.2, 0.25) is 5.91 Å². The fraction of sp³-hybridized carbons (Fsp3) is 0.750. The van der Waals surface area contributed by atoms with Crippen LogP contribution in [-0.4, -0.2) is 34.0 Å². The highest BCUT2D eigenvalue weighted by Crippen LogP contribution is 2.33. The van der Waals surface area contributed by atoms with Crippen LogP contribution in [0.3, 0.4) is 0 Å². The van der Waals surface area contributed by atoms with E-state index in [9.17, 15) is 9.59 Å². The topological polar surface area (TPSA) is 57.6 Å². The van der Waals surface area contributed by atoms with Gasteiger partial charge in [-0.05, 0) is 19.3 Å². The highest BCUT2D eigenvalue weighted by molar-refractivity contribution is 5.86. The number of rotatable bonds is 1. The third kappa shape index (κ3) is 0.906. The van der Waals surface area contributed by atoms with Crippen LogP contribution in [0.5, 0.6) is 0 Å². The van der Waals surface area contributed by atoms with Crippen molar-refractivity contribution >= 4 is 11.9 Å². The summed E-state index contributed by atoms with van der Waals surface area (Å²) in [6, 6.07) is -0.316. The first-order valence-corrected chi connectivity index (χ1v) is 4.24. The number of carbonyl (C=O) groups excluding carboxylic acids is 1. The summed E-state index contributed by atoms with van der Waals surface area (Å²) in [5, 5.41) is 8.78. The van der Waals surface area contributed by atoms with Crippen molar-refractivity contribution in [3.05, 3.63) is 0 Å². The summed E-state index contributed by atoms with van der Waals surface area (Å²) in [6.45, 7) is 0. The highest BCUT2D eigenvalue weighted by Gasteiger charge is 2.44. The maximum atomic E-state index is 11.2. The van der Waals surface area contributed by atoms with Crippen LogP contribution in [0.15, 0.2) is 0 Å². The Bertz CT molecular complexity index is 238. The van der Waals surface area contributed by atoms with Gasteiger partial charge >= 0.3 is 5.97 Å². The van der Waals surface area contributed by atoms with Crippen molar-refractivity contribution in [2.24, 2.45) is 0 Å². The number of carboxylic acids is 1. The van der Waals surface area contributed by atoms with E-state index in [1.165, 1.54) is 0 Å². The summed E-state index contributed by atoms with van der Waals surface area (Å²) in [5.41, 5.74) is 0. The molecule has 0 aliphatic carbocycles. The fourth-order valence-electron chi connectivity index (χ4n) is 2.21. The summed E-state index contributed by atoms with van der Waals surface area (Å²) in [4.78, 5) is 23.5. The lowest BCUT2D eigenvalue weighted by atomic mass is 10.1. The van der Waals surface area contributed by atoms with Crippen LogP contribution in [0.1, 0.15) is 25.7 Å². The van der Waals surface area contributed by atoms with Gasteiger partial charge < -0.3 is 10.0 Å². The van der Waals surface area contributed by atoms with Crippen LogP contribution < -0.4 is 0 Å². The van der Waals surface area contributed by atoms with Gasteiger partial charge in [0.1, 0.15) is 6.04 Å². The Morgan fingerprint density at radius 3 is 2.83 bits per heavy atom. The molecule has 0 aromatic heterocycles. The van der Waals surface area contributed by atoms with Gasteiger partial charge in [-0.1, -0.05) is 0 Å². The van der Waals surface area contributed by atoms with Gasteiger partial charge in [0.15, 0.2) is 0 Å². The van der Waals surface area contributed by atoms with E-state index in [4.69, 9.17) is 5.11 Å². The Morgan fingerprint density at radius 2 is 2.17 bits per heavy atom. The van der Waals surface area contributed by atoms with Crippen molar-refractivity contribution < 1.29 is 14.7 Å². The SMILES string of the molecule is O=C(O)[C@@H]1CC[C@H]2CCC(=O)N21. The van der Waals surface area contributed by atoms with Gasteiger partial charge in [-0.25, -0.2) is 4.79 Å². The highest BCUT2D eigenvalue weighted by atomic mass is 16.4. The maximum absolute atomic E-state index is 11.2. The van der Waals surface area contributed by atoms with Crippen molar-refractivity contribution in [2.45, 2.75) is 37.8 Å². The molecule has 4 heteroatoms. The summed E-state index contributed by atoms with van der Waals surface area (Å²) < 4.78 is 0. The Hall–Kier alpha value is -1.06. The molecule has 2 rings (SSSR count). The number of carbonyl (C=O) groups is 2. The molecule has 0 saturated carbocycles. The van der Waals surface area contributed by atoms with E-state index in [0.29, 0.717) is 12.8 Å². The maximum Gasteiger partial charge on any atom is 0.326 e. The molecular weight excluding hydrogens is 158 g/mol. The minimum absolute atomic E-state index is 0.0184. The van der Waals surface area contributed by atoms with Crippen LogP contribution in [0, 0.1) is 0 Å². The van der Waals surface area contributed by atoms with Gasteiger partial charge in [0, 0.05) is 12.5 Å². The molecule has 0 spiro atoms. The molecule has 4 nitrogen and oxygen atoms in total. The third-order valence-electron chi connectivity index (χ3n) is 2.77. The average molecular weight is 169 g/mol. The summed E-state index contributed by atoms with van der Waals surface area (Å²) >= 11 is 0. The molecule has 0 aromatic carbocycles. The smallest absolute Gasteiger partial charge is 0.326 e. The molecule has 1 amide bonds. The van der Waals surface area contributed by atoms with Gasteiger partial charge in [-0.3, -0.25) is 4.79 Å². The summed E-state index contributed by atoms with van der Waals surface area (Å²) in [7, 11) is 0. The molecule has 2 atom stereocenters. The van der Waals surface area contributed by atoms with E-state index in [-0.39, 0.29) is 11.9 Å². The quantitative estimate of drug-likeness (QED) is 0.611. The standard InChI is InChI=1S/C8H11NO3/c10-7-4-2-5-1-3-6(8(11)12)9(5)7/h5-6H,1-4H2,(H,11,12)/t5-,6-/m0/s1. The minimum atomic E-state index is -0.854. The molecule has 12 heavy (non-hydrogen) atoms. The van der Waals surface area contributed by atoms with E-state index in [1.807, 2.05) is 0 Å². The second-order valence-electron chi connectivity index (χ2n) is 3.42. The largest absolute Gasteiger partial charge is 0.480 e. The molecule has 0 aromatic rings. The van der Waals surface area contributed by atoms with E-state index in [1.54, 1.807) is 4.90 Å². The predicted octanol–water partition coefficient (Wildman–Crippen LogP) is 0.224. The van der Waals surface area contributed by atoms with Crippen LogP contribution in [-0.2, 0) is 9.59 Å². The van der Waals surface area contributed by atoms with E-state index in [2.05, 4.69) is 0 Å². The second kappa shape index (κ2) is 2.47. The Balaban J connectivity index is 2.19. The van der Waals surface area contributed by atoms with Crippen molar-refractivity contribution in [1.29, 1.82) is 0 Å². The second-order valence-corrected chi connectivity index (χ2v) is 3.42. The van der Waals surface area contributed by atoms with Crippen molar-refractivity contribution in [1.82, 2.24) is 4.90 Å². The number of aliphatic carboxylic acids is 1. The lowest BCUT2D eigenvalue weighted by molar-refractivity contribution is -0.147. The fourth-order valence-corrected chi connectivity index (χ4v) is 2.21. The molecule has 2 fully saturated rings. The Labute approximate surface area is 70.2 Å². The summed E-state index contributed by atoms with van der Waals surface area (Å²) in [5.74, 6) is -0.836. The monoisotopic (exact) mass is 169 g/mol. The van der Waals surface area contributed by atoms with Crippen molar-refractivity contribution in [3.63, 3.8) is 0 Å². The van der Waals surface area contributed by atoms with Crippen LogP contribution in [0.4, 0.5) is 0 Å². The summed E-state index contributed by atoms with van der Waals surface area (Å²) in [6.07, 6.45) is 2.88. The van der Waals surface area contributed by atoms with Crippen LogP contribution in [0.2, 0.25) is 0 Å². The Morgan fingerprint density at radius 1 is 1.42 bits per heavy atom. The number of hydrogen-bond donors (Lipinski definition) is 1. The number of fused-ring (bicyclic) bond motifs is 1. The zero-order valence-corrected chi connectivity index (χ0v) is 6.69. The molecule has 2 heterocycles. The third-order valence-corrected chi connectivity index (χ3v) is 2.77. The van der Waals surface area contributed by atoms with Crippen molar-refractivity contribution in [3.8, 4) is 0 Å². The lowest BCUT2D eigenvalue weighted by Gasteiger charge is -2.20. The van der Waals surface area contributed by atoms with Crippen LogP contribution in [0.25, 0.3) is 0 Å². The van der Waals surface area contributed by atoms with Gasteiger partial charge in [0.25, 0.3) is 0 Å². The molecule has 2 aliphatic heterocycles. The Kier molecular flexibility index (Phi) is 1.56. The first-order valence-electron chi connectivity index (χ1n) is 4.24. The molecule has 66 valence electrons. The van der Waals surface area contributed by atoms with E-state index in [0.717, 1.165) is 12.8 Å². The molecule has 0 unspecified atom stereocenters. The zero-order valence-electron chi connectivity index (χ0n) is 6.69. The van der Waals surface area contributed by atoms with Crippen molar-refractivity contribution in [2.75, 3.05) is 0 Å². The van der Waals surface area contributed by atoms with Gasteiger partial charge in [-0.2, -0.15) is 0 Å². The molecular formula is C8H11NO3. The first-order chi connectivity index (χ1) is 5.70. The predicted molar refractivity (Wildman–Crippen MR) is 40.5 cm³/mol. The van der Waals surface area contributed by atoms with Gasteiger partial charge in [0.05, 0.1) is 0 Å². The zero-order chi connectivity index (χ0) is 8.72. The lowest BCUT2D eigenvalue weighted by Crippen LogP contribution is -2.39. The number of hydrogen-bond acceptors (Lipinski definition) is 2. The molecule has 1 N–H and O–H groups in total. The molecule has 0 radical (unpaired) electrons. The first kappa shape index (κ1) is 7.58. The molecule has 0 bridgehead atoms. The average Bonchev–Trinajstić information content (AvgIpc) is 2.53. The number of amides is 1. The molecule has 2 aliphatic rings. The van der Waals surface area contributed by atoms with E-state index < -0.39 is 12.0 Å². The number of nitrogens with zero attached hydrogens (tertiary/aromatic N) is 1.